The second-order valence-electron chi connectivity index (χ2n) is 8.22. The lowest BCUT2D eigenvalue weighted by atomic mass is 10.1. The number of rotatable bonds is 8. The van der Waals surface area contributed by atoms with E-state index >= 15 is 0 Å². The number of anilines is 2. The van der Waals surface area contributed by atoms with E-state index in [4.69, 9.17) is 16.3 Å². The van der Waals surface area contributed by atoms with E-state index in [1.54, 1.807) is 18.2 Å². The molecule has 1 N–H and O–H groups in total. The van der Waals surface area contributed by atoms with E-state index < -0.39 is 26.0 Å². The van der Waals surface area contributed by atoms with Crippen molar-refractivity contribution in [2.45, 2.75) is 16.2 Å². The summed E-state index contributed by atoms with van der Waals surface area (Å²) in [5.41, 5.74) is 1.78. The van der Waals surface area contributed by atoms with E-state index in [0.29, 0.717) is 35.1 Å². The van der Waals surface area contributed by atoms with Crippen LogP contribution in [-0.2, 0) is 31.3 Å². The molecule has 0 saturated heterocycles. The Hall–Kier alpha value is -3.12. The fraction of sp³-hybridized carbons (Fsp3) is 0.208. The van der Waals surface area contributed by atoms with E-state index in [9.17, 15) is 21.6 Å². The Labute approximate surface area is 215 Å². The first kappa shape index (κ1) is 26.0. The highest BCUT2D eigenvalue weighted by Crippen LogP contribution is 2.35. The molecule has 190 valence electrons. The van der Waals surface area contributed by atoms with E-state index in [1.165, 1.54) is 66.9 Å². The fourth-order valence-corrected chi connectivity index (χ4v) is 6.20. The van der Waals surface area contributed by atoms with Crippen LogP contribution in [0.4, 0.5) is 11.4 Å². The lowest BCUT2D eigenvalue weighted by Crippen LogP contribution is -2.29. The maximum Gasteiger partial charge on any atom is 0.264 e. The number of ether oxygens (including phenoxy) is 1. The van der Waals surface area contributed by atoms with Crippen molar-refractivity contribution >= 4 is 48.9 Å². The van der Waals surface area contributed by atoms with Crippen molar-refractivity contribution in [1.82, 2.24) is 4.31 Å². The molecule has 0 radical (unpaired) electrons. The summed E-state index contributed by atoms with van der Waals surface area (Å²) in [5, 5.41) is 3.15. The summed E-state index contributed by atoms with van der Waals surface area (Å²) in [6.07, 6.45) is 0.555. The van der Waals surface area contributed by atoms with Gasteiger partial charge in [-0.1, -0.05) is 17.7 Å². The number of nitrogens with zero attached hydrogens (tertiary/aromatic N) is 2. The van der Waals surface area contributed by atoms with Crippen LogP contribution in [0.15, 0.2) is 76.5 Å². The summed E-state index contributed by atoms with van der Waals surface area (Å²) in [6, 6.07) is 16.8. The van der Waals surface area contributed by atoms with Gasteiger partial charge < -0.3 is 10.1 Å². The Morgan fingerprint density at radius 1 is 0.972 bits per heavy atom. The predicted octanol–water partition coefficient (Wildman–Crippen LogP) is 3.36. The van der Waals surface area contributed by atoms with Gasteiger partial charge in [0.1, 0.15) is 5.75 Å². The average molecular weight is 550 g/mol. The van der Waals surface area contributed by atoms with Crippen molar-refractivity contribution in [3.05, 3.63) is 77.3 Å². The summed E-state index contributed by atoms with van der Waals surface area (Å²) >= 11 is 5.89. The molecule has 1 aliphatic heterocycles. The minimum Gasteiger partial charge on any atom is -0.484 e. The zero-order valence-corrected chi connectivity index (χ0v) is 21.9. The third-order valence-electron chi connectivity index (χ3n) is 5.60. The predicted molar refractivity (Wildman–Crippen MR) is 138 cm³/mol. The lowest BCUT2D eigenvalue weighted by molar-refractivity contribution is -0.118. The van der Waals surface area contributed by atoms with Gasteiger partial charge in [-0.2, -0.15) is 0 Å². The Morgan fingerprint density at radius 2 is 1.61 bits per heavy atom. The van der Waals surface area contributed by atoms with E-state index in [2.05, 4.69) is 5.32 Å². The Balaban J connectivity index is 1.42. The summed E-state index contributed by atoms with van der Waals surface area (Å²) in [5.74, 6) is -0.123. The molecule has 0 aliphatic carbocycles. The van der Waals surface area contributed by atoms with Crippen LogP contribution in [0.25, 0.3) is 0 Å². The number of sulfonamides is 2. The number of fused-ring (bicyclic) bond motifs is 1. The van der Waals surface area contributed by atoms with Crippen LogP contribution < -0.4 is 14.4 Å². The second kappa shape index (κ2) is 10.1. The molecular formula is C24H24ClN3O6S2. The molecule has 0 saturated carbocycles. The van der Waals surface area contributed by atoms with E-state index in [-0.39, 0.29) is 16.4 Å². The Bertz CT molecular complexity index is 1490. The monoisotopic (exact) mass is 549 g/mol. The molecule has 0 atom stereocenters. The molecule has 1 amide bonds. The van der Waals surface area contributed by atoms with Crippen molar-refractivity contribution < 1.29 is 26.4 Å². The summed E-state index contributed by atoms with van der Waals surface area (Å²) in [6.45, 7) is -0.0238. The summed E-state index contributed by atoms with van der Waals surface area (Å²) < 4.78 is 58.5. The molecule has 1 aliphatic rings. The molecule has 0 aromatic heterocycles. The van der Waals surface area contributed by atoms with Crippen LogP contribution in [0.1, 0.15) is 5.56 Å². The third-order valence-corrected chi connectivity index (χ3v) is 9.50. The summed E-state index contributed by atoms with van der Waals surface area (Å²) in [7, 11) is -4.47. The van der Waals surface area contributed by atoms with Crippen molar-refractivity contribution in [2.75, 3.05) is 36.9 Å². The first-order chi connectivity index (χ1) is 17.0. The molecule has 36 heavy (non-hydrogen) atoms. The number of carbonyl (C=O) groups excluding carboxylic acids is 1. The van der Waals surface area contributed by atoms with Gasteiger partial charge in [0.15, 0.2) is 6.61 Å². The van der Waals surface area contributed by atoms with Gasteiger partial charge in [0, 0.05) is 31.4 Å². The van der Waals surface area contributed by atoms with Crippen molar-refractivity contribution in [3.63, 3.8) is 0 Å². The number of amides is 1. The molecule has 0 fully saturated rings. The molecule has 12 heteroatoms. The van der Waals surface area contributed by atoms with E-state index in [0.717, 1.165) is 9.87 Å². The van der Waals surface area contributed by atoms with Crippen molar-refractivity contribution in [2.24, 2.45) is 0 Å². The standard InChI is InChI=1S/C24H24ClN3O6S2/c1-27(2)35(30,31)21-11-7-20(8-12-21)34-16-24(29)26-19-6-3-17-13-14-28(23(17)15-19)36(32,33)22-9-4-18(25)5-10-22/h3-12,15H,13-14,16H2,1-2H3,(H,26,29). The van der Waals surface area contributed by atoms with Gasteiger partial charge in [0.2, 0.25) is 10.0 Å². The molecular weight excluding hydrogens is 526 g/mol. The topological polar surface area (TPSA) is 113 Å². The van der Waals surface area contributed by atoms with Crippen LogP contribution in [0, 0.1) is 0 Å². The number of nitrogens with one attached hydrogen (secondary N) is 1. The van der Waals surface area contributed by atoms with Gasteiger partial charge in [-0.25, -0.2) is 21.1 Å². The number of halogens is 1. The quantitative estimate of drug-likeness (QED) is 0.461. The largest absolute Gasteiger partial charge is 0.484 e. The Morgan fingerprint density at radius 3 is 2.25 bits per heavy atom. The Kier molecular flexibility index (Phi) is 7.28. The zero-order valence-electron chi connectivity index (χ0n) is 19.5. The van der Waals surface area contributed by atoms with Crippen LogP contribution >= 0.6 is 11.6 Å². The average Bonchev–Trinajstić information content (AvgIpc) is 3.27. The highest BCUT2D eigenvalue weighted by Gasteiger charge is 2.31. The minimum absolute atomic E-state index is 0.112. The summed E-state index contributed by atoms with van der Waals surface area (Å²) in [4.78, 5) is 12.7. The van der Waals surface area contributed by atoms with Crippen molar-refractivity contribution in [3.8, 4) is 5.75 Å². The van der Waals surface area contributed by atoms with Gasteiger partial charge in [-0.15, -0.1) is 0 Å². The SMILES string of the molecule is CN(C)S(=O)(=O)c1ccc(OCC(=O)Nc2ccc3c(c2)N(S(=O)(=O)c2ccc(Cl)cc2)CC3)cc1. The number of benzene rings is 3. The first-order valence-electron chi connectivity index (χ1n) is 10.8. The molecule has 0 bridgehead atoms. The highest BCUT2D eigenvalue weighted by atomic mass is 35.5. The molecule has 0 spiro atoms. The second-order valence-corrected chi connectivity index (χ2v) is 12.7. The number of hydrogen-bond donors (Lipinski definition) is 1. The van der Waals surface area contributed by atoms with Crippen LogP contribution in [0.3, 0.4) is 0 Å². The lowest BCUT2D eigenvalue weighted by Gasteiger charge is -2.20. The van der Waals surface area contributed by atoms with Gasteiger partial charge in [-0.3, -0.25) is 9.10 Å². The normalized spacial score (nSPS) is 13.5. The number of carbonyl (C=O) groups is 1. The van der Waals surface area contributed by atoms with Crippen molar-refractivity contribution in [1.29, 1.82) is 0 Å². The molecule has 3 aromatic rings. The third kappa shape index (κ3) is 5.34. The minimum atomic E-state index is -3.79. The van der Waals surface area contributed by atoms with Crippen LogP contribution in [-0.4, -0.2) is 54.3 Å². The van der Waals surface area contributed by atoms with Crippen LogP contribution in [0.2, 0.25) is 5.02 Å². The highest BCUT2D eigenvalue weighted by molar-refractivity contribution is 7.92. The fourth-order valence-electron chi connectivity index (χ4n) is 3.68. The van der Waals surface area contributed by atoms with Gasteiger partial charge in [0.25, 0.3) is 15.9 Å². The smallest absolute Gasteiger partial charge is 0.264 e. The molecule has 1 heterocycles. The molecule has 3 aromatic carbocycles. The molecule has 4 rings (SSSR count). The van der Waals surface area contributed by atoms with Gasteiger partial charge in [0.05, 0.1) is 15.5 Å². The molecule has 0 unspecified atom stereocenters. The maximum absolute atomic E-state index is 13.2. The van der Waals surface area contributed by atoms with E-state index in [1.807, 2.05) is 0 Å². The van der Waals surface area contributed by atoms with Gasteiger partial charge >= 0.3 is 0 Å². The van der Waals surface area contributed by atoms with Crippen LogP contribution in [0.5, 0.6) is 5.75 Å². The molecule has 9 nitrogen and oxygen atoms in total. The number of hydrogen-bond acceptors (Lipinski definition) is 6. The maximum atomic E-state index is 13.2. The first-order valence-corrected chi connectivity index (χ1v) is 14.1. The zero-order chi connectivity index (χ0) is 26.1. The van der Waals surface area contributed by atoms with Gasteiger partial charge in [-0.05, 0) is 72.6 Å².